The summed E-state index contributed by atoms with van der Waals surface area (Å²) in [6, 6.07) is 10.3. The van der Waals surface area contributed by atoms with Crippen LogP contribution in [0.1, 0.15) is 62.5 Å². The van der Waals surface area contributed by atoms with Gasteiger partial charge in [0, 0.05) is 51.1 Å². The molecule has 0 amide bonds. The molecule has 0 saturated carbocycles. The van der Waals surface area contributed by atoms with Crippen LogP contribution in [0.3, 0.4) is 0 Å². The van der Waals surface area contributed by atoms with E-state index < -0.39 is 114 Å². The van der Waals surface area contributed by atoms with Gasteiger partial charge < -0.3 is 112 Å². The Kier molecular flexibility index (Phi) is 61.7. The molecule has 4 rings (SSSR count). The minimum Gasteiger partial charge on any atom is -0.871 e. The molecule has 4 aromatic rings. The van der Waals surface area contributed by atoms with Crippen LogP contribution in [0.2, 0.25) is 0 Å². The van der Waals surface area contributed by atoms with Gasteiger partial charge in [0.1, 0.15) is 0 Å². The standard InChI is InChI=1S/C10H16N2O8.C9H7NO.2C6H11O2.2C5H4N2O4.C5H10O2.Cr.Cu.2H3N.2Zn/c13-7(14)3-11(4-8(15)16)1-2-12(5-9(17)18)6-10(19)20;11-8-5-1-3-7-4-2-6-10-9(7)8;2*1-5(7)4-6(2)8-3;2*8-3-1-2(4(9)10)6-5(11)7-3;1-4(6)3-5(2)7;;;;;;/h1-6H2,(H,13,14)(H,15,16)(H,17,18)(H,19,20);1-6,11H;2*4-5,7H,3H2,1-2H3;2*1H,(H,9,10)(H2,6,7,8,11);3-4,6-7H,1-2H3;;;2*1H3;;/q;;2*-1;;;;2*+2;;;2*+2/p-4. The van der Waals surface area contributed by atoms with E-state index in [0.717, 1.165) is 27.3 Å². The van der Waals surface area contributed by atoms with Crippen LogP contribution in [-0.4, -0.2) is 154 Å². The zero-order chi connectivity index (χ0) is 59.2. The maximum atomic E-state index is 11.1. The second-order valence-electron chi connectivity index (χ2n) is 14.7. The maximum Gasteiger partial charge on any atom is 2.00 e. The summed E-state index contributed by atoms with van der Waals surface area (Å²) in [7, 11) is 6.32. The third kappa shape index (κ3) is 55.2. The van der Waals surface area contributed by atoms with Crippen LogP contribution in [0, 0.1) is 14.2 Å². The molecule has 0 fully saturated rings. The van der Waals surface area contributed by atoms with E-state index in [-0.39, 0.29) is 110 Å². The summed E-state index contributed by atoms with van der Waals surface area (Å²) in [4.78, 5) is 117. The molecule has 3 aromatic heterocycles. The molecule has 3 atom stereocenters. The number of aromatic carboxylic acids is 2. The number of benzene rings is 1. The first-order valence-corrected chi connectivity index (χ1v) is 21.2. The molecule has 3 unspecified atom stereocenters. The topological polar surface area (TPSA) is 584 Å². The molecule has 82 heavy (non-hydrogen) atoms. The van der Waals surface area contributed by atoms with Gasteiger partial charge in [0.15, 0.2) is 0 Å². The predicted octanol–water partition coefficient (Wildman–Crippen LogP) is -6.18. The quantitative estimate of drug-likeness (QED) is 0.0251. The van der Waals surface area contributed by atoms with Gasteiger partial charge in [-0.25, -0.2) is 9.59 Å². The molecule has 0 bridgehead atoms. The van der Waals surface area contributed by atoms with E-state index in [0.29, 0.717) is 17.0 Å². The van der Waals surface area contributed by atoms with E-state index in [1.807, 2.05) is 38.1 Å². The number of rotatable bonds is 18. The first-order valence-electron chi connectivity index (χ1n) is 21.2. The van der Waals surface area contributed by atoms with Gasteiger partial charge in [-0.15, -0.1) is 0 Å². The Morgan fingerprint density at radius 2 is 0.963 bits per heavy atom. The van der Waals surface area contributed by atoms with Crippen molar-refractivity contribution in [2.24, 2.45) is 0 Å². The minimum absolute atomic E-state index is 0. The number of hydrogen-bond acceptors (Lipinski definition) is 25. The summed E-state index contributed by atoms with van der Waals surface area (Å²) >= 11 is 0. The Balaban J connectivity index is -0.000000110. The van der Waals surface area contributed by atoms with Crippen molar-refractivity contribution in [3.8, 4) is 5.75 Å². The monoisotopic (exact) mass is 1350 g/mol. The largest absolute Gasteiger partial charge is 2.00 e. The van der Waals surface area contributed by atoms with E-state index >= 15 is 0 Å². The number of nitrogens with one attached hydrogen (secondary N) is 4. The third-order valence-corrected chi connectivity index (χ3v) is 7.60. The average molecular weight is 1360 g/mol. The van der Waals surface area contributed by atoms with Crippen molar-refractivity contribution >= 4 is 46.7 Å². The minimum atomic E-state index is -1.59. The molecule has 0 aliphatic heterocycles. The number of ether oxygens (including phenoxy) is 2. The number of pyridine rings is 1. The number of nitrogens with zero attached hydrogens (tertiary/aromatic N) is 3. The number of para-hydroxylation sites is 1. The molecule has 1 radical (unpaired) electrons. The van der Waals surface area contributed by atoms with Crippen molar-refractivity contribution in [3.05, 3.63) is 151 Å². The molecule has 0 saturated heterocycles. The first kappa shape index (κ1) is 94.5. The number of carbonyl (C=O) groups is 6. The van der Waals surface area contributed by atoms with Gasteiger partial charge in [0.05, 0.1) is 88.9 Å². The van der Waals surface area contributed by atoms with E-state index in [4.69, 9.17) is 25.5 Å². The molecular formula is C46H65CrCuN9O23Zn2+2. The van der Waals surface area contributed by atoms with Crippen LogP contribution < -0.4 is 65.4 Å². The number of aliphatic hydroxyl groups is 4. The number of carboxylic acids is 6. The summed E-state index contributed by atoms with van der Waals surface area (Å²) in [6.07, 6.45) is 4.71. The van der Waals surface area contributed by atoms with Crippen molar-refractivity contribution in [1.29, 1.82) is 0 Å². The number of hydrogen-bond donors (Lipinski definition) is 11. The van der Waals surface area contributed by atoms with Crippen molar-refractivity contribution in [3.63, 3.8) is 0 Å². The number of H-pyrrole nitrogens is 4. The number of carbonyl (C=O) groups excluding carboxylic acids is 5. The molecule has 32 nitrogen and oxygen atoms in total. The van der Waals surface area contributed by atoms with Crippen LogP contribution in [0.5, 0.6) is 5.75 Å². The van der Waals surface area contributed by atoms with E-state index in [9.17, 15) is 78.6 Å². The summed E-state index contributed by atoms with van der Waals surface area (Å²) in [5.74, 6) is -7.57. The number of aromatic nitrogens is 5. The molecule has 17 N–H and O–H groups in total. The Labute approximate surface area is 514 Å². The number of aromatic amines is 4. The molecule has 3 heterocycles. The number of aliphatic carboxylic acids is 4. The van der Waals surface area contributed by atoms with Crippen LogP contribution in [0.4, 0.5) is 0 Å². The molecule has 0 aliphatic carbocycles. The smallest absolute Gasteiger partial charge is 0.871 e. The second kappa shape index (κ2) is 53.6. The molecular weight excluding hydrogens is 1290 g/mol. The van der Waals surface area contributed by atoms with Crippen molar-refractivity contribution in [2.75, 3.05) is 39.3 Å². The fraction of sp³-hybridized carbons (Fsp3) is 0.326. The van der Waals surface area contributed by atoms with Crippen LogP contribution in [-0.2, 0) is 102 Å². The molecule has 0 aliphatic rings. The van der Waals surface area contributed by atoms with Crippen molar-refractivity contribution < 1.29 is 168 Å². The number of allylic oxidation sites excluding steroid dienone is 3. The van der Waals surface area contributed by atoms with E-state index in [1.54, 1.807) is 59.0 Å². The van der Waals surface area contributed by atoms with Crippen molar-refractivity contribution in [2.45, 2.75) is 59.9 Å². The van der Waals surface area contributed by atoms with Gasteiger partial charge in [0.25, 0.3) is 11.1 Å². The third-order valence-electron chi connectivity index (χ3n) is 7.60. The Hall–Kier alpha value is -6.75. The Morgan fingerprint density at radius 3 is 1.21 bits per heavy atom. The molecule has 1 aromatic carbocycles. The fourth-order valence-corrected chi connectivity index (χ4v) is 4.81. The van der Waals surface area contributed by atoms with E-state index in [1.165, 1.54) is 19.1 Å². The summed E-state index contributed by atoms with van der Waals surface area (Å²) in [5.41, 5.74) is -3.78. The molecule has 36 heteroatoms. The fourth-order valence-electron chi connectivity index (χ4n) is 4.81. The average Bonchev–Trinajstić information content (AvgIpc) is 3.27. The number of carboxylic acid groups (broad SMARTS) is 6. The number of fused-ring (bicyclic) bond motifs is 1. The number of aliphatic hydroxyl groups excluding tert-OH is 4. The van der Waals surface area contributed by atoms with Gasteiger partial charge >= 0.3 is 90.7 Å². The SMILES string of the molecule is CC(O)=CC(C)O.O=C([O-])CN(CCN(CC(=O)[O-])CC(=O)O)CC(=O)[O-].O=C([O-])c1cc(=O)[nH]c(=O)[nH]1.O=C([O-])c1cc(=O)[nH]c(=O)[nH]1.[CH2-]OC(C)=CC(C)O.[CH2-]OC(C)=CC(C)O.[Cr+2].[Cu+2].[NH4+].[NH4+].[O-]c1cccc2cccnc12.[Zn+2].[Zn+2]. The molecule has 451 valence electrons. The Morgan fingerprint density at radius 1 is 0.622 bits per heavy atom. The normalized spacial score (nSPS) is 11.0. The molecule has 0 spiro atoms. The van der Waals surface area contributed by atoms with Crippen LogP contribution in [0.15, 0.2) is 103 Å². The van der Waals surface area contributed by atoms with Gasteiger partial charge in [-0.3, -0.25) is 39.1 Å². The number of quaternary nitrogens is 2. The van der Waals surface area contributed by atoms with Crippen LogP contribution in [0.25, 0.3) is 10.9 Å². The zero-order valence-corrected chi connectivity index (χ0v) is 53.9. The van der Waals surface area contributed by atoms with E-state index in [2.05, 4.69) is 28.7 Å². The predicted molar refractivity (Wildman–Crippen MR) is 265 cm³/mol. The van der Waals surface area contributed by atoms with Crippen molar-refractivity contribution in [1.82, 2.24) is 47.0 Å². The summed E-state index contributed by atoms with van der Waals surface area (Å²) in [6.45, 7) is 6.88. The van der Waals surface area contributed by atoms with Gasteiger partial charge in [-0.05, 0) is 71.2 Å². The van der Waals surface area contributed by atoms with Gasteiger partial charge in [-0.2, -0.15) is 14.2 Å². The summed E-state index contributed by atoms with van der Waals surface area (Å²) in [5, 5.41) is 106. The Bertz CT molecular complexity index is 2570. The zero-order valence-electron chi connectivity index (χ0n) is 45.8. The van der Waals surface area contributed by atoms with Gasteiger partial charge in [0.2, 0.25) is 0 Å². The maximum absolute atomic E-state index is 11.1. The summed E-state index contributed by atoms with van der Waals surface area (Å²) < 4.78 is 9.02. The first-order chi connectivity index (χ1) is 35.2. The van der Waals surface area contributed by atoms with Gasteiger partial charge in [-0.1, -0.05) is 30.0 Å². The second-order valence-corrected chi connectivity index (χ2v) is 14.7. The van der Waals surface area contributed by atoms with Crippen LogP contribution >= 0.6 is 0 Å².